The van der Waals surface area contributed by atoms with Gasteiger partial charge in [0.05, 0.1) is 7.11 Å². The first-order chi connectivity index (χ1) is 5.93. The van der Waals surface area contributed by atoms with Crippen molar-refractivity contribution in [2.75, 3.05) is 7.11 Å². The second-order valence-electron chi connectivity index (χ2n) is 2.94. The third kappa shape index (κ3) is 6.10. The van der Waals surface area contributed by atoms with Crippen molar-refractivity contribution in [3.05, 3.63) is 0 Å². The molecule has 3 nitrogen and oxygen atoms in total. The fraction of sp³-hybridized carbons (Fsp3) is 0.875. The van der Waals surface area contributed by atoms with Crippen molar-refractivity contribution in [3.63, 3.8) is 0 Å². The van der Waals surface area contributed by atoms with Crippen LogP contribution in [0.25, 0.3) is 0 Å². The molecule has 0 amide bonds. The quantitative estimate of drug-likeness (QED) is 0.734. The third-order valence-electron chi connectivity index (χ3n) is 1.64. The summed E-state index contributed by atoms with van der Waals surface area (Å²) in [5.74, 6) is -3.67. The van der Waals surface area contributed by atoms with Gasteiger partial charge in [0.25, 0.3) is 0 Å². The largest absolute Gasteiger partial charge is 0.468 e. The fourth-order valence-electron chi connectivity index (χ4n) is 1.02. The van der Waals surface area contributed by atoms with Gasteiger partial charge in [0.15, 0.2) is 0 Å². The predicted molar refractivity (Wildman–Crippen MR) is 51.7 cm³/mol. The van der Waals surface area contributed by atoms with Gasteiger partial charge in [-0.2, -0.15) is 0 Å². The Labute approximate surface area is 88.4 Å². The van der Waals surface area contributed by atoms with Crippen LogP contribution in [0.4, 0.5) is 8.78 Å². The number of halogens is 3. The van der Waals surface area contributed by atoms with Gasteiger partial charge < -0.3 is 10.5 Å². The Kier molecular flexibility index (Phi) is 7.96. The Morgan fingerprint density at radius 1 is 1.57 bits per heavy atom. The standard InChI is InChI=1S/C8H15F2NO2.ClH/c1-3-4-8(9,10)5-6(11)7(12)13-2;/h6H,3-5,11H2,1-2H3;1H. The molecule has 0 aromatic carbocycles. The van der Waals surface area contributed by atoms with Gasteiger partial charge in [-0.3, -0.25) is 4.79 Å². The van der Waals surface area contributed by atoms with Gasteiger partial charge in [-0.1, -0.05) is 13.3 Å². The average Bonchev–Trinajstić information content (AvgIpc) is 2.01. The maximum atomic E-state index is 12.9. The summed E-state index contributed by atoms with van der Waals surface area (Å²) in [4.78, 5) is 10.7. The van der Waals surface area contributed by atoms with Crippen molar-refractivity contribution in [2.45, 2.75) is 38.2 Å². The van der Waals surface area contributed by atoms with E-state index in [4.69, 9.17) is 5.73 Å². The van der Waals surface area contributed by atoms with E-state index in [1.54, 1.807) is 6.92 Å². The molecule has 0 saturated carbocycles. The molecule has 0 aliphatic carbocycles. The van der Waals surface area contributed by atoms with Crippen LogP contribution >= 0.6 is 12.4 Å². The van der Waals surface area contributed by atoms with Crippen molar-refractivity contribution < 1.29 is 18.3 Å². The van der Waals surface area contributed by atoms with Crippen LogP contribution in [0, 0.1) is 0 Å². The number of ether oxygens (including phenoxy) is 1. The topological polar surface area (TPSA) is 52.3 Å². The van der Waals surface area contributed by atoms with E-state index in [-0.39, 0.29) is 18.8 Å². The van der Waals surface area contributed by atoms with Crippen molar-refractivity contribution in [1.82, 2.24) is 0 Å². The van der Waals surface area contributed by atoms with Crippen LogP contribution in [0.5, 0.6) is 0 Å². The minimum absolute atomic E-state index is 0. The molecular weight excluding hydrogens is 216 g/mol. The zero-order chi connectivity index (χ0) is 10.5. The van der Waals surface area contributed by atoms with Gasteiger partial charge in [0.2, 0.25) is 5.92 Å². The first-order valence-electron chi connectivity index (χ1n) is 4.14. The molecule has 0 spiro atoms. The summed E-state index contributed by atoms with van der Waals surface area (Å²) in [6.07, 6.45) is -0.536. The van der Waals surface area contributed by atoms with Crippen molar-refractivity contribution in [3.8, 4) is 0 Å². The van der Waals surface area contributed by atoms with Crippen LogP contribution in [-0.4, -0.2) is 25.0 Å². The maximum absolute atomic E-state index is 12.9. The normalized spacial score (nSPS) is 12.9. The number of methoxy groups -OCH3 is 1. The first-order valence-corrected chi connectivity index (χ1v) is 4.14. The summed E-state index contributed by atoms with van der Waals surface area (Å²) in [7, 11) is 1.13. The SMILES string of the molecule is CCCC(F)(F)CC(N)C(=O)OC.Cl. The Morgan fingerprint density at radius 3 is 2.43 bits per heavy atom. The van der Waals surface area contributed by atoms with Crippen LogP contribution in [-0.2, 0) is 9.53 Å². The monoisotopic (exact) mass is 231 g/mol. The highest BCUT2D eigenvalue weighted by Crippen LogP contribution is 2.25. The molecule has 0 aromatic rings. The smallest absolute Gasteiger partial charge is 0.322 e. The number of esters is 1. The summed E-state index contributed by atoms with van der Waals surface area (Å²) in [5.41, 5.74) is 5.19. The first kappa shape index (κ1) is 16.0. The molecule has 1 atom stereocenters. The zero-order valence-electron chi connectivity index (χ0n) is 8.26. The molecule has 0 heterocycles. The highest BCUT2D eigenvalue weighted by molar-refractivity contribution is 5.85. The lowest BCUT2D eigenvalue weighted by atomic mass is 10.1. The molecule has 6 heteroatoms. The van der Waals surface area contributed by atoms with Crippen molar-refractivity contribution in [1.29, 1.82) is 0 Å². The number of rotatable bonds is 5. The Balaban J connectivity index is 0. The number of carbonyl (C=O) groups is 1. The van der Waals surface area contributed by atoms with Gasteiger partial charge in [-0.15, -0.1) is 12.4 Å². The number of alkyl halides is 2. The molecule has 0 aliphatic rings. The van der Waals surface area contributed by atoms with E-state index in [1.165, 1.54) is 0 Å². The molecule has 14 heavy (non-hydrogen) atoms. The third-order valence-corrected chi connectivity index (χ3v) is 1.64. The predicted octanol–water partition coefficient (Wildman–Crippen LogP) is 1.73. The second-order valence-corrected chi connectivity index (χ2v) is 2.94. The molecule has 0 rings (SSSR count). The summed E-state index contributed by atoms with van der Waals surface area (Å²) >= 11 is 0. The summed E-state index contributed by atoms with van der Waals surface area (Å²) in [6.45, 7) is 1.65. The Hall–Kier alpha value is -0.420. The van der Waals surface area contributed by atoms with Gasteiger partial charge >= 0.3 is 5.97 Å². The highest BCUT2D eigenvalue weighted by Gasteiger charge is 2.33. The van der Waals surface area contributed by atoms with Gasteiger partial charge in [0.1, 0.15) is 6.04 Å². The van der Waals surface area contributed by atoms with Crippen molar-refractivity contribution >= 4 is 18.4 Å². The van der Waals surface area contributed by atoms with E-state index < -0.39 is 24.4 Å². The second kappa shape index (κ2) is 6.95. The van der Waals surface area contributed by atoms with E-state index in [2.05, 4.69) is 4.74 Å². The van der Waals surface area contributed by atoms with Crippen LogP contribution in [0.15, 0.2) is 0 Å². The molecule has 0 aromatic heterocycles. The number of carbonyl (C=O) groups excluding carboxylic acids is 1. The van der Waals surface area contributed by atoms with Gasteiger partial charge in [0, 0.05) is 12.8 Å². The molecular formula is C8H16ClF2NO2. The van der Waals surface area contributed by atoms with Crippen LogP contribution in [0.2, 0.25) is 0 Å². The van der Waals surface area contributed by atoms with Crippen LogP contribution < -0.4 is 5.73 Å². The molecule has 86 valence electrons. The minimum Gasteiger partial charge on any atom is -0.468 e. The zero-order valence-corrected chi connectivity index (χ0v) is 9.07. The van der Waals surface area contributed by atoms with E-state index >= 15 is 0 Å². The number of hydrogen-bond donors (Lipinski definition) is 1. The Morgan fingerprint density at radius 2 is 2.07 bits per heavy atom. The fourth-order valence-corrected chi connectivity index (χ4v) is 1.02. The minimum atomic E-state index is -2.87. The van der Waals surface area contributed by atoms with E-state index in [1.807, 2.05) is 0 Å². The lowest BCUT2D eigenvalue weighted by Crippen LogP contribution is -2.37. The average molecular weight is 232 g/mol. The van der Waals surface area contributed by atoms with E-state index in [0.717, 1.165) is 7.11 Å². The molecule has 1 unspecified atom stereocenters. The summed E-state index contributed by atoms with van der Waals surface area (Å²) in [6, 6.07) is -1.23. The van der Waals surface area contributed by atoms with Crippen LogP contribution in [0.3, 0.4) is 0 Å². The molecule has 2 N–H and O–H groups in total. The maximum Gasteiger partial charge on any atom is 0.322 e. The number of hydrogen-bond acceptors (Lipinski definition) is 3. The lowest BCUT2D eigenvalue weighted by molar-refractivity contribution is -0.145. The molecule has 0 radical (unpaired) electrons. The van der Waals surface area contributed by atoms with E-state index in [0.29, 0.717) is 6.42 Å². The Bertz CT molecular complexity index is 179. The van der Waals surface area contributed by atoms with Gasteiger partial charge in [-0.05, 0) is 0 Å². The molecule has 0 saturated heterocycles. The molecule has 0 bridgehead atoms. The molecule has 0 aliphatic heterocycles. The lowest BCUT2D eigenvalue weighted by Gasteiger charge is -2.18. The van der Waals surface area contributed by atoms with Gasteiger partial charge in [-0.25, -0.2) is 8.78 Å². The van der Waals surface area contributed by atoms with E-state index in [9.17, 15) is 13.6 Å². The number of nitrogens with two attached hydrogens (primary N) is 1. The highest BCUT2D eigenvalue weighted by atomic mass is 35.5. The van der Waals surface area contributed by atoms with Crippen molar-refractivity contribution in [2.24, 2.45) is 5.73 Å². The summed E-state index contributed by atoms with van der Waals surface area (Å²) in [5, 5.41) is 0. The van der Waals surface area contributed by atoms with Crippen LogP contribution in [0.1, 0.15) is 26.2 Å². The summed E-state index contributed by atoms with van der Waals surface area (Å²) < 4.78 is 30.0. The molecule has 0 fully saturated rings.